The van der Waals surface area contributed by atoms with Gasteiger partial charge in [0.1, 0.15) is 5.69 Å². The molecule has 2 N–H and O–H groups in total. The molecule has 1 saturated heterocycles. The second-order valence-corrected chi connectivity index (χ2v) is 5.26. The Kier molecular flexibility index (Phi) is 3.92. The molecule has 5 nitrogen and oxygen atoms in total. The van der Waals surface area contributed by atoms with Gasteiger partial charge in [0.25, 0.3) is 0 Å². The van der Waals surface area contributed by atoms with Crippen LogP contribution in [-0.4, -0.2) is 29.6 Å². The second kappa shape index (κ2) is 5.28. The fourth-order valence-electron chi connectivity index (χ4n) is 2.57. The molecule has 2 heterocycles. The molecule has 1 fully saturated rings. The van der Waals surface area contributed by atoms with E-state index in [1.165, 1.54) is 0 Å². The highest BCUT2D eigenvalue weighted by atomic mass is 16.5. The Hall–Kier alpha value is -1.07. The molecule has 0 aliphatic carbocycles. The molecule has 5 heteroatoms. The third-order valence-corrected chi connectivity index (χ3v) is 3.62. The molecule has 1 aromatic rings. The van der Waals surface area contributed by atoms with Crippen molar-refractivity contribution in [3.05, 3.63) is 11.9 Å². The lowest BCUT2D eigenvalue weighted by atomic mass is 9.95. The van der Waals surface area contributed by atoms with Crippen LogP contribution in [0, 0.1) is 5.92 Å². The van der Waals surface area contributed by atoms with Crippen molar-refractivity contribution < 1.29 is 9.47 Å². The number of hydrogen-bond acceptors (Lipinski definition) is 4. The molecule has 0 aromatic carbocycles. The van der Waals surface area contributed by atoms with E-state index in [0.717, 1.165) is 24.5 Å². The van der Waals surface area contributed by atoms with E-state index in [4.69, 9.17) is 15.2 Å². The van der Waals surface area contributed by atoms with E-state index < -0.39 is 0 Å². The zero-order valence-corrected chi connectivity index (χ0v) is 11.6. The van der Waals surface area contributed by atoms with Crippen LogP contribution in [0.1, 0.15) is 45.0 Å². The number of ether oxygens (including phenoxy) is 2. The molecule has 1 aliphatic rings. The Bertz CT molecular complexity index is 403. The van der Waals surface area contributed by atoms with Gasteiger partial charge in [-0.1, -0.05) is 6.92 Å². The number of rotatable bonds is 4. The molecule has 3 atom stereocenters. The molecule has 3 unspecified atom stereocenters. The van der Waals surface area contributed by atoms with Crippen molar-refractivity contribution in [1.82, 2.24) is 9.78 Å². The third kappa shape index (κ3) is 2.24. The van der Waals surface area contributed by atoms with Crippen molar-refractivity contribution in [2.24, 2.45) is 11.7 Å². The van der Waals surface area contributed by atoms with Gasteiger partial charge in [-0.3, -0.25) is 4.68 Å². The highest BCUT2D eigenvalue weighted by molar-refractivity contribution is 5.29. The zero-order valence-electron chi connectivity index (χ0n) is 11.6. The lowest BCUT2D eigenvalue weighted by molar-refractivity contribution is 0.0689. The maximum absolute atomic E-state index is 6.38. The smallest absolute Gasteiger partial charge is 0.161 e. The van der Waals surface area contributed by atoms with E-state index in [0.29, 0.717) is 5.92 Å². The van der Waals surface area contributed by atoms with Gasteiger partial charge in [-0.25, -0.2) is 0 Å². The van der Waals surface area contributed by atoms with Crippen LogP contribution in [0.3, 0.4) is 0 Å². The average molecular weight is 253 g/mol. The summed E-state index contributed by atoms with van der Waals surface area (Å²) in [5, 5.41) is 4.36. The van der Waals surface area contributed by atoms with Crippen LogP contribution in [0.5, 0.6) is 5.75 Å². The maximum atomic E-state index is 6.38. The van der Waals surface area contributed by atoms with Crippen LogP contribution in [0.2, 0.25) is 0 Å². The van der Waals surface area contributed by atoms with E-state index in [1.54, 1.807) is 13.3 Å². The lowest BCUT2D eigenvalue weighted by Crippen LogP contribution is -2.32. The minimum atomic E-state index is -0.192. The van der Waals surface area contributed by atoms with Gasteiger partial charge in [-0.2, -0.15) is 5.10 Å². The summed E-state index contributed by atoms with van der Waals surface area (Å²) < 4.78 is 13.1. The molecule has 1 aromatic heterocycles. The van der Waals surface area contributed by atoms with Crippen molar-refractivity contribution in [2.75, 3.05) is 13.7 Å². The number of aromatic nitrogens is 2. The first-order valence-corrected chi connectivity index (χ1v) is 6.54. The van der Waals surface area contributed by atoms with Crippen LogP contribution < -0.4 is 10.5 Å². The first-order valence-electron chi connectivity index (χ1n) is 6.54. The summed E-state index contributed by atoms with van der Waals surface area (Å²) in [6.07, 6.45) is 2.85. The first kappa shape index (κ1) is 13.4. The number of nitrogens with zero attached hydrogens (tertiary/aromatic N) is 2. The monoisotopic (exact) mass is 253 g/mol. The van der Waals surface area contributed by atoms with E-state index in [2.05, 4.69) is 25.9 Å². The maximum Gasteiger partial charge on any atom is 0.161 e. The molecular formula is C13H23N3O2. The van der Waals surface area contributed by atoms with Crippen LogP contribution in [0.15, 0.2) is 6.20 Å². The summed E-state index contributed by atoms with van der Waals surface area (Å²) in [5.74, 6) is 1.22. The van der Waals surface area contributed by atoms with Crippen molar-refractivity contribution in [3.63, 3.8) is 0 Å². The predicted molar refractivity (Wildman–Crippen MR) is 69.6 cm³/mol. The fourth-order valence-corrected chi connectivity index (χ4v) is 2.57. The van der Waals surface area contributed by atoms with Gasteiger partial charge >= 0.3 is 0 Å². The molecule has 0 radical (unpaired) electrons. The van der Waals surface area contributed by atoms with Gasteiger partial charge in [0, 0.05) is 12.6 Å². The van der Waals surface area contributed by atoms with E-state index in [9.17, 15) is 0 Å². The molecule has 0 amide bonds. The topological polar surface area (TPSA) is 62.3 Å². The number of methoxy groups -OCH3 is 1. The van der Waals surface area contributed by atoms with E-state index in [-0.39, 0.29) is 18.2 Å². The molecule has 0 spiro atoms. The lowest BCUT2D eigenvalue weighted by Gasteiger charge is -2.25. The highest BCUT2D eigenvalue weighted by Gasteiger charge is 2.34. The number of nitrogens with two attached hydrogens (primary N) is 1. The molecular weight excluding hydrogens is 230 g/mol. The van der Waals surface area contributed by atoms with Gasteiger partial charge in [0.2, 0.25) is 0 Å². The highest BCUT2D eigenvalue weighted by Crippen LogP contribution is 2.34. The summed E-state index contributed by atoms with van der Waals surface area (Å²) in [7, 11) is 1.65. The van der Waals surface area contributed by atoms with Crippen molar-refractivity contribution in [2.45, 2.75) is 45.4 Å². The molecule has 18 heavy (non-hydrogen) atoms. The zero-order chi connectivity index (χ0) is 13.3. The standard InChI is InChI=1S/C13H23N3O2/c1-8(2)16-12(10(17-4)7-15-16)11(14)13-9(3)5-6-18-13/h7-9,11,13H,5-6,14H2,1-4H3. The molecule has 0 saturated carbocycles. The van der Waals surface area contributed by atoms with Crippen molar-refractivity contribution in [3.8, 4) is 5.75 Å². The van der Waals surface area contributed by atoms with Gasteiger partial charge in [0.15, 0.2) is 5.75 Å². The molecule has 1 aliphatic heterocycles. The summed E-state index contributed by atoms with van der Waals surface area (Å²) in [6, 6.07) is 0.0639. The minimum absolute atomic E-state index is 0.0492. The molecule has 0 bridgehead atoms. The normalized spacial score (nSPS) is 25.7. The van der Waals surface area contributed by atoms with Crippen LogP contribution in [0.4, 0.5) is 0 Å². The minimum Gasteiger partial charge on any atom is -0.493 e. The molecule has 102 valence electrons. The summed E-state index contributed by atoms with van der Waals surface area (Å²) in [5.41, 5.74) is 7.32. The van der Waals surface area contributed by atoms with Crippen molar-refractivity contribution >= 4 is 0 Å². The van der Waals surface area contributed by atoms with Gasteiger partial charge in [-0.15, -0.1) is 0 Å². The Balaban J connectivity index is 2.33. The van der Waals surface area contributed by atoms with Crippen LogP contribution in [-0.2, 0) is 4.74 Å². The Morgan fingerprint density at radius 1 is 1.56 bits per heavy atom. The van der Waals surface area contributed by atoms with Crippen LogP contribution >= 0.6 is 0 Å². The fraction of sp³-hybridized carbons (Fsp3) is 0.769. The summed E-state index contributed by atoms with van der Waals surface area (Å²) >= 11 is 0. The Labute approximate surface area is 108 Å². The predicted octanol–water partition coefficient (Wildman–Crippen LogP) is 1.90. The Morgan fingerprint density at radius 2 is 2.28 bits per heavy atom. The Morgan fingerprint density at radius 3 is 2.78 bits per heavy atom. The van der Waals surface area contributed by atoms with Crippen molar-refractivity contribution in [1.29, 1.82) is 0 Å². The second-order valence-electron chi connectivity index (χ2n) is 5.26. The third-order valence-electron chi connectivity index (χ3n) is 3.62. The largest absolute Gasteiger partial charge is 0.493 e. The van der Waals surface area contributed by atoms with E-state index in [1.807, 2.05) is 4.68 Å². The number of hydrogen-bond donors (Lipinski definition) is 1. The molecule has 2 rings (SSSR count). The quantitative estimate of drug-likeness (QED) is 0.890. The summed E-state index contributed by atoms with van der Waals surface area (Å²) in [4.78, 5) is 0. The average Bonchev–Trinajstić information content (AvgIpc) is 2.93. The summed E-state index contributed by atoms with van der Waals surface area (Å²) in [6.45, 7) is 7.14. The van der Waals surface area contributed by atoms with Gasteiger partial charge in [-0.05, 0) is 26.2 Å². The first-order chi connectivity index (χ1) is 8.56. The van der Waals surface area contributed by atoms with Gasteiger partial charge in [0.05, 0.1) is 25.5 Å². The van der Waals surface area contributed by atoms with Crippen LogP contribution in [0.25, 0.3) is 0 Å². The SMILES string of the molecule is COc1cnn(C(C)C)c1C(N)C1OCCC1C. The van der Waals surface area contributed by atoms with Gasteiger partial charge < -0.3 is 15.2 Å². The van der Waals surface area contributed by atoms with E-state index >= 15 is 0 Å².